The normalized spacial score (nSPS) is 9.06. The fourth-order valence-corrected chi connectivity index (χ4v) is 0.974. The summed E-state index contributed by atoms with van der Waals surface area (Å²) in [5.41, 5.74) is 1.76. The van der Waals surface area contributed by atoms with Gasteiger partial charge in [-0.15, -0.1) is 0 Å². The molecule has 0 heterocycles. The van der Waals surface area contributed by atoms with Crippen molar-refractivity contribution in [2.24, 2.45) is 4.99 Å². The van der Waals surface area contributed by atoms with Gasteiger partial charge in [0.25, 0.3) is 0 Å². The van der Waals surface area contributed by atoms with Gasteiger partial charge >= 0.3 is 8.60 Å². The van der Waals surface area contributed by atoms with Crippen molar-refractivity contribution in [1.82, 2.24) is 0 Å². The highest BCUT2D eigenvalue weighted by atomic mass is 31.2. The highest BCUT2D eigenvalue weighted by Crippen LogP contribution is 2.28. The lowest BCUT2D eigenvalue weighted by atomic mass is 10.2. The Morgan fingerprint density at radius 3 is 2.38 bits per heavy atom. The average molecular weight is 243 g/mol. The number of aryl methyl sites for hydroxylation is 1. The van der Waals surface area contributed by atoms with Crippen LogP contribution in [0, 0.1) is 6.92 Å². The molecule has 0 fully saturated rings. The molecule has 1 rings (SSSR count). The van der Waals surface area contributed by atoms with Gasteiger partial charge in [-0.1, -0.05) is 12.1 Å². The molecule has 0 saturated heterocycles. The fraction of sp³-hybridized carbons (Fsp3) is 0.300. The number of rotatable bonds is 3. The van der Waals surface area contributed by atoms with E-state index in [0.717, 1.165) is 5.56 Å². The maximum absolute atomic E-state index is 9.79. The van der Waals surface area contributed by atoms with E-state index >= 15 is 0 Å². The molecule has 0 aliphatic heterocycles. The number of hydrogen-bond acceptors (Lipinski definition) is 5. The zero-order valence-electron chi connectivity index (χ0n) is 9.38. The third-order valence-corrected chi connectivity index (χ3v) is 2.11. The van der Waals surface area contributed by atoms with E-state index in [-0.39, 0.29) is 0 Å². The molecule has 0 unspecified atom stereocenters. The van der Waals surface area contributed by atoms with Crippen LogP contribution >= 0.6 is 8.60 Å². The van der Waals surface area contributed by atoms with Gasteiger partial charge in [0.2, 0.25) is 6.08 Å². The lowest BCUT2D eigenvalue weighted by molar-refractivity contribution is 0.271. The highest BCUT2D eigenvalue weighted by molar-refractivity contribution is 7.40. The summed E-state index contributed by atoms with van der Waals surface area (Å²) in [5, 5.41) is 0. The minimum absolute atomic E-state index is 0.662. The maximum Gasteiger partial charge on any atom is 0.329 e. The van der Waals surface area contributed by atoms with Crippen molar-refractivity contribution in [2.45, 2.75) is 6.92 Å². The lowest BCUT2D eigenvalue weighted by Gasteiger charge is -1.98. The second-order valence-corrected chi connectivity index (χ2v) is 3.85. The van der Waals surface area contributed by atoms with Crippen molar-refractivity contribution < 1.29 is 18.7 Å². The van der Waals surface area contributed by atoms with Gasteiger partial charge in [0, 0.05) is 14.2 Å². The lowest BCUT2D eigenvalue weighted by Crippen LogP contribution is -1.75. The van der Waals surface area contributed by atoms with Crippen molar-refractivity contribution in [2.75, 3.05) is 14.2 Å². The first-order chi connectivity index (χ1) is 7.63. The van der Waals surface area contributed by atoms with Crippen LogP contribution in [-0.4, -0.2) is 25.2 Å². The summed E-state index contributed by atoms with van der Waals surface area (Å²) >= 11 is 0. The van der Waals surface area contributed by atoms with E-state index in [1.165, 1.54) is 20.3 Å². The van der Waals surface area contributed by atoms with Crippen LogP contribution in [0.3, 0.4) is 0 Å². The van der Waals surface area contributed by atoms with E-state index in [9.17, 15) is 4.79 Å². The van der Waals surface area contributed by atoms with Crippen LogP contribution in [0.1, 0.15) is 5.56 Å². The summed E-state index contributed by atoms with van der Waals surface area (Å²) in [4.78, 5) is 21.5. The van der Waals surface area contributed by atoms with Crippen LogP contribution in [0.5, 0.6) is 0 Å². The minimum atomic E-state index is -1.58. The highest BCUT2D eigenvalue weighted by Gasteiger charge is 1.94. The molecule has 0 bridgehead atoms. The van der Waals surface area contributed by atoms with E-state index in [1.807, 2.05) is 25.1 Å². The summed E-state index contributed by atoms with van der Waals surface area (Å²) < 4.78 is 8.59. The molecule has 0 aromatic heterocycles. The van der Waals surface area contributed by atoms with Gasteiger partial charge in [0.15, 0.2) is 0 Å². The van der Waals surface area contributed by atoms with Crippen molar-refractivity contribution in [3.05, 3.63) is 29.8 Å². The van der Waals surface area contributed by atoms with Gasteiger partial charge in [-0.3, -0.25) is 0 Å². The molecule has 0 spiro atoms. The Morgan fingerprint density at radius 1 is 1.38 bits per heavy atom. The first-order valence-corrected chi connectivity index (χ1v) is 5.48. The molecule has 1 N–H and O–H groups in total. The Hall–Kier alpha value is -1.09. The topological polar surface area (TPSA) is 68.1 Å². The molecule has 5 nitrogen and oxygen atoms in total. The second kappa shape index (κ2) is 9.16. The summed E-state index contributed by atoms with van der Waals surface area (Å²) in [6, 6.07) is 7.39. The maximum atomic E-state index is 9.79. The molecular weight excluding hydrogens is 229 g/mol. The number of hydrogen-bond donors (Lipinski definition) is 1. The molecule has 1 aromatic carbocycles. The standard InChI is InChI=1S/C8H7NO.C2H7O3P/c1-7-3-2-4-8(5-7)9-6-10;1-4-6(3)5-2/h2-5H,1H3;3H,1-2H3. The molecule has 0 saturated carbocycles. The van der Waals surface area contributed by atoms with Crippen LogP contribution in [0.15, 0.2) is 29.3 Å². The molecule has 0 atom stereocenters. The SMILES string of the molecule is COP(O)OC.Cc1cccc(N=C=O)c1. The number of isocyanates is 1. The number of aliphatic imine (C=N–C) groups is 1. The van der Waals surface area contributed by atoms with Gasteiger partial charge in [0.1, 0.15) is 0 Å². The Bertz CT molecular complexity index is 348. The minimum Gasteiger partial charge on any atom is -0.328 e. The van der Waals surface area contributed by atoms with Gasteiger partial charge in [-0.25, -0.2) is 4.79 Å². The average Bonchev–Trinajstić information content (AvgIpc) is 2.29. The second-order valence-electron chi connectivity index (χ2n) is 2.65. The van der Waals surface area contributed by atoms with E-state index in [2.05, 4.69) is 14.0 Å². The smallest absolute Gasteiger partial charge is 0.328 e. The van der Waals surface area contributed by atoms with Crippen molar-refractivity contribution in [3.8, 4) is 0 Å². The summed E-state index contributed by atoms with van der Waals surface area (Å²) in [6.45, 7) is 1.95. The van der Waals surface area contributed by atoms with E-state index in [4.69, 9.17) is 4.89 Å². The Kier molecular flexibility index (Phi) is 8.53. The molecule has 88 valence electrons. The van der Waals surface area contributed by atoms with Gasteiger partial charge in [-0.05, 0) is 24.6 Å². The number of carbonyl (C=O) groups excluding carboxylic acids is 1. The van der Waals surface area contributed by atoms with Crippen LogP contribution in [-0.2, 0) is 13.8 Å². The Balaban J connectivity index is 0.000000325. The predicted molar refractivity (Wildman–Crippen MR) is 62.1 cm³/mol. The zero-order valence-corrected chi connectivity index (χ0v) is 10.3. The van der Waals surface area contributed by atoms with Crippen LogP contribution < -0.4 is 0 Å². The summed E-state index contributed by atoms with van der Waals surface area (Å²) in [7, 11) is 1.19. The summed E-state index contributed by atoms with van der Waals surface area (Å²) in [6.07, 6.45) is 1.49. The molecule has 6 heteroatoms. The Morgan fingerprint density at radius 2 is 2.00 bits per heavy atom. The number of nitrogens with zero attached hydrogens (tertiary/aromatic N) is 1. The third kappa shape index (κ3) is 7.23. The van der Waals surface area contributed by atoms with Crippen LogP contribution in [0.4, 0.5) is 5.69 Å². The quantitative estimate of drug-likeness (QED) is 0.503. The zero-order chi connectivity index (χ0) is 12.4. The number of benzene rings is 1. The van der Waals surface area contributed by atoms with Crippen molar-refractivity contribution >= 4 is 20.4 Å². The Labute approximate surface area is 95.7 Å². The van der Waals surface area contributed by atoms with Crippen LogP contribution in [0.2, 0.25) is 0 Å². The molecule has 0 radical (unpaired) electrons. The monoisotopic (exact) mass is 243 g/mol. The fourth-order valence-electron chi connectivity index (χ4n) is 0.825. The first kappa shape index (κ1) is 14.9. The van der Waals surface area contributed by atoms with E-state index < -0.39 is 8.60 Å². The van der Waals surface area contributed by atoms with E-state index in [0.29, 0.717) is 5.69 Å². The predicted octanol–water partition coefficient (Wildman–Crippen LogP) is 2.46. The largest absolute Gasteiger partial charge is 0.329 e. The molecule has 1 aromatic rings. The molecule has 16 heavy (non-hydrogen) atoms. The van der Waals surface area contributed by atoms with Crippen LogP contribution in [0.25, 0.3) is 0 Å². The molecule has 0 aliphatic carbocycles. The first-order valence-electron chi connectivity index (χ1n) is 4.35. The van der Waals surface area contributed by atoms with Gasteiger partial charge in [0.05, 0.1) is 5.69 Å². The molecule has 0 aliphatic rings. The van der Waals surface area contributed by atoms with Gasteiger partial charge < -0.3 is 13.9 Å². The van der Waals surface area contributed by atoms with E-state index in [1.54, 1.807) is 6.07 Å². The third-order valence-electron chi connectivity index (χ3n) is 1.49. The van der Waals surface area contributed by atoms with Gasteiger partial charge in [-0.2, -0.15) is 4.99 Å². The van der Waals surface area contributed by atoms with Crippen molar-refractivity contribution in [3.63, 3.8) is 0 Å². The summed E-state index contributed by atoms with van der Waals surface area (Å²) in [5.74, 6) is 0. The van der Waals surface area contributed by atoms with Crippen molar-refractivity contribution in [1.29, 1.82) is 0 Å². The molecular formula is C10H14NO4P. The molecule has 0 amide bonds.